The van der Waals surface area contributed by atoms with Crippen LogP contribution in [0.4, 0.5) is 0 Å². The lowest BCUT2D eigenvalue weighted by Gasteiger charge is -2.04. The summed E-state index contributed by atoms with van der Waals surface area (Å²) in [5.74, 6) is 0. The molecule has 0 amide bonds. The topological polar surface area (TPSA) is 24.9 Å². The van der Waals surface area contributed by atoms with E-state index in [2.05, 4.69) is 65.9 Å². The molecule has 1 heterocycles. The number of allylic oxidation sites excluding steroid dienone is 1. The van der Waals surface area contributed by atoms with E-state index >= 15 is 0 Å². The second-order valence-corrected chi connectivity index (χ2v) is 6.01. The number of hydrogen-bond acceptors (Lipinski definition) is 3. The molecule has 2 aromatic rings. The minimum atomic E-state index is 0.566. The molecule has 0 saturated heterocycles. The lowest BCUT2D eigenvalue weighted by Crippen LogP contribution is -2.23. The first kappa shape index (κ1) is 14.9. The van der Waals surface area contributed by atoms with E-state index in [0.29, 0.717) is 6.04 Å². The third-order valence-electron chi connectivity index (χ3n) is 2.94. The largest absolute Gasteiger partial charge is 0.314 e. The zero-order valence-corrected chi connectivity index (χ0v) is 13.0. The average Bonchev–Trinajstić information content (AvgIpc) is 2.92. The Morgan fingerprint density at radius 1 is 1.20 bits per heavy atom. The molecule has 0 unspecified atom stereocenters. The molecule has 0 aliphatic heterocycles. The van der Waals surface area contributed by atoms with E-state index in [1.807, 2.05) is 6.07 Å². The van der Waals surface area contributed by atoms with Crippen molar-refractivity contribution in [1.29, 1.82) is 0 Å². The van der Waals surface area contributed by atoms with Gasteiger partial charge >= 0.3 is 0 Å². The molecule has 1 aromatic carbocycles. The molecule has 0 atom stereocenters. The SMILES string of the molecule is CC(C)NCCC=CCc1nc(-c2ccccc2)cs1. The van der Waals surface area contributed by atoms with E-state index < -0.39 is 0 Å². The Labute approximate surface area is 125 Å². The Balaban J connectivity index is 1.80. The molecule has 106 valence electrons. The second kappa shape index (κ2) is 7.98. The van der Waals surface area contributed by atoms with Crippen LogP contribution in [0.5, 0.6) is 0 Å². The van der Waals surface area contributed by atoms with Crippen molar-refractivity contribution in [3.8, 4) is 11.3 Å². The first-order valence-electron chi connectivity index (χ1n) is 7.14. The summed E-state index contributed by atoms with van der Waals surface area (Å²) in [6.07, 6.45) is 6.46. The van der Waals surface area contributed by atoms with E-state index in [0.717, 1.165) is 25.1 Å². The summed E-state index contributed by atoms with van der Waals surface area (Å²) in [5, 5.41) is 6.72. The first-order chi connectivity index (χ1) is 9.75. The van der Waals surface area contributed by atoms with Crippen LogP contribution in [0.2, 0.25) is 0 Å². The number of nitrogens with zero attached hydrogens (tertiary/aromatic N) is 1. The van der Waals surface area contributed by atoms with E-state index in [1.165, 1.54) is 10.6 Å². The third-order valence-corrected chi connectivity index (χ3v) is 3.82. The molecule has 2 rings (SSSR count). The standard InChI is InChI=1S/C17H22N2S/c1-14(2)18-12-8-4-7-11-17-19-16(13-20-17)15-9-5-3-6-10-15/h3-7,9-10,13-14,18H,8,11-12H2,1-2H3. The zero-order valence-electron chi connectivity index (χ0n) is 12.2. The minimum Gasteiger partial charge on any atom is -0.314 e. The van der Waals surface area contributed by atoms with Gasteiger partial charge in [-0.25, -0.2) is 4.98 Å². The van der Waals surface area contributed by atoms with E-state index in [1.54, 1.807) is 11.3 Å². The number of benzene rings is 1. The van der Waals surface area contributed by atoms with Crippen molar-refractivity contribution < 1.29 is 0 Å². The van der Waals surface area contributed by atoms with Crippen LogP contribution in [0.3, 0.4) is 0 Å². The molecule has 0 aliphatic rings. The summed E-state index contributed by atoms with van der Waals surface area (Å²) in [7, 11) is 0. The maximum Gasteiger partial charge on any atom is 0.0970 e. The molecule has 0 aliphatic carbocycles. The second-order valence-electron chi connectivity index (χ2n) is 5.07. The van der Waals surface area contributed by atoms with Gasteiger partial charge in [-0.3, -0.25) is 0 Å². The Bertz CT molecular complexity index is 529. The highest BCUT2D eigenvalue weighted by atomic mass is 32.1. The van der Waals surface area contributed by atoms with Crippen molar-refractivity contribution in [1.82, 2.24) is 10.3 Å². The number of rotatable bonds is 7. The Morgan fingerprint density at radius 2 is 2.00 bits per heavy atom. The molecule has 3 heteroatoms. The van der Waals surface area contributed by atoms with Gasteiger partial charge in [-0.05, 0) is 13.0 Å². The van der Waals surface area contributed by atoms with Gasteiger partial charge in [-0.1, -0.05) is 56.3 Å². The highest BCUT2D eigenvalue weighted by molar-refractivity contribution is 7.10. The fourth-order valence-electron chi connectivity index (χ4n) is 1.90. The van der Waals surface area contributed by atoms with Crippen molar-refractivity contribution in [2.24, 2.45) is 0 Å². The quantitative estimate of drug-likeness (QED) is 0.606. The summed E-state index contributed by atoms with van der Waals surface area (Å²) in [5.41, 5.74) is 2.28. The van der Waals surface area contributed by atoms with Crippen LogP contribution in [0.25, 0.3) is 11.3 Å². The number of hydrogen-bond donors (Lipinski definition) is 1. The van der Waals surface area contributed by atoms with Crippen LogP contribution in [-0.2, 0) is 6.42 Å². The van der Waals surface area contributed by atoms with Crippen LogP contribution < -0.4 is 5.32 Å². The van der Waals surface area contributed by atoms with Gasteiger partial charge in [0.2, 0.25) is 0 Å². The number of aromatic nitrogens is 1. The van der Waals surface area contributed by atoms with Gasteiger partial charge in [0.25, 0.3) is 0 Å². The van der Waals surface area contributed by atoms with Crippen molar-refractivity contribution in [2.75, 3.05) is 6.54 Å². The molecule has 0 spiro atoms. The molecule has 0 radical (unpaired) electrons. The van der Waals surface area contributed by atoms with Gasteiger partial charge in [-0.15, -0.1) is 11.3 Å². The van der Waals surface area contributed by atoms with Crippen LogP contribution in [0.1, 0.15) is 25.3 Å². The van der Waals surface area contributed by atoms with Gasteiger partial charge in [0.05, 0.1) is 10.7 Å². The summed E-state index contributed by atoms with van der Waals surface area (Å²) in [6, 6.07) is 10.9. The molecular weight excluding hydrogens is 264 g/mol. The monoisotopic (exact) mass is 286 g/mol. The van der Waals surface area contributed by atoms with E-state index in [4.69, 9.17) is 0 Å². The smallest absolute Gasteiger partial charge is 0.0970 e. The predicted molar refractivity (Wildman–Crippen MR) is 88.1 cm³/mol. The molecule has 0 bridgehead atoms. The minimum absolute atomic E-state index is 0.566. The Morgan fingerprint density at radius 3 is 2.75 bits per heavy atom. The Kier molecular flexibility index (Phi) is 5.96. The molecule has 20 heavy (non-hydrogen) atoms. The maximum atomic E-state index is 4.68. The summed E-state index contributed by atoms with van der Waals surface area (Å²) in [4.78, 5) is 4.68. The predicted octanol–water partition coefficient (Wildman–Crippen LogP) is 4.30. The van der Waals surface area contributed by atoms with Gasteiger partial charge in [-0.2, -0.15) is 0 Å². The highest BCUT2D eigenvalue weighted by Gasteiger charge is 2.02. The van der Waals surface area contributed by atoms with Gasteiger partial charge < -0.3 is 5.32 Å². The maximum absolute atomic E-state index is 4.68. The van der Waals surface area contributed by atoms with Crippen LogP contribution >= 0.6 is 11.3 Å². The first-order valence-corrected chi connectivity index (χ1v) is 8.02. The Hall–Kier alpha value is -1.45. The van der Waals surface area contributed by atoms with Gasteiger partial charge in [0.15, 0.2) is 0 Å². The number of thiazole rings is 1. The van der Waals surface area contributed by atoms with Crippen LogP contribution in [0, 0.1) is 0 Å². The summed E-state index contributed by atoms with van der Waals surface area (Å²) < 4.78 is 0. The molecule has 1 N–H and O–H groups in total. The van der Waals surface area contributed by atoms with E-state index in [9.17, 15) is 0 Å². The highest BCUT2D eigenvalue weighted by Crippen LogP contribution is 2.21. The zero-order chi connectivity index (χ0) is 14.2. The fraction of sp³-hybridized carbons (Fsp3) is 0.353. The lowest BCUT2D eigenvalue weighted by molar-refractivity contribution is 0.594. The molecule has 1 aromatic heterocycles. The number of nitrogens with one attached hydrogen (secondary N) is 1. The molecule has 2 nitrogen and oxygen atoms in total. The normalized spacial score (nSPS) is 11.6. The molecule has 0 fully saturated rings. The van der Waals surface area contributed by atoms with Crippen molar-refractivity contribution in [3.63, 3.8) is 0 Å². The summed E-state index contributed by atoms with van der Waals surface area (Å²) >= 11 is 1.74. The molecular formula is C17H22N2S. The van der Waals surface area contributed by atoms with Gasteiger partial charge in [0.1, 0.15) is 0 Å². The average molecular weight is 286 g/mol. The lowest BCUT2D eigenvalue weighted by atomic mass is 10.2. The van der Waals surface area contributed by atoms with Gasteiger partial charge in [0, 0.05) is 23.4 Å². The fourth-order valence-corrected chi connectivity index (χ4v) is 2.68. The van der Waals surface area contributed by atoms with Crippen LogP contribution in [-0.4, -0.2) is 17.6 Å². The van der Waals surface area contributed by atoms with Crippen LogP contribution in [0.15, 0.2) is 47.9 Å². The van der Waals surface area contributed by atoms with Crippen molar-refractivity contribution >= 4 is 11.3 Å². The van der Waals surface area contributed by atoms with E-state index in [-0.39, 0.29) is 0 Å². The van der Waals surface area contributed by atoms with Crippen molar-refractivity contribution in [2.45, 2.75) is 32.7 Å². The molecule has 0 saturated carbocycles. The summed E-state index contributed by atoms with van der Waals surface area (Å²) in [6.45, 7) is 5.39. The van der Waals surface area contributed by atoms with Crippen molar-refractivity contribution in [3.05, 3.63) is 52.9 Å². The third kappa shape index (κ3) is 4.91.